The molecule has 0 amide bonds. The van der Waals surface area contributed by atoms with Crippen LogP contribution in [0.1, 0.15) is 95.9 Å². The fourth-order valence-electron chi connectivity index (χ4n) is 5.19. The van der Waals surface area contributed by atoms with Crippen LogP contribution in [-0.2, 0) is 22.4 Å². The second kappa shape index (κ2) is 17.1. The highest BCUT2D eigenvalue weighted by atomic mass is 127. The second-order valence-corrected chi connectivity index (χ2v) is 38.0. The van der Waals surface area contributed by atoms with Crippen LogP contribution >= 0.6 is 22.6 Å². The van der Waals surface area contributed by atoms with E-state index < -0.39 is 63.8 Å². The third-order valence-electron chi connectivity index (χ3n) is 12.0. The fourth-order valence-corrected chi connectivity index (χ4v) is 12.1. The van der Waals surface area contributed by atoms with Crippen LogP contribution in [0.15, 0.2) is 10.2 Å². The topological polar surface area (TPSA) is 66.4 Å². The van der Waals surface area contributed by atoms with Gasteiger partial charge in [0.1, 0.15) is 24.4 Å². The molecule has 1 heterocycles. The van der Waals surface area contributed by atoms with E-state index in [9.17, 15) is 5.11 Å². The Morgan fingerprint density at radius 3 is 1.57 bits per heavy atom. The Hall–Kier alpha value is 1.10. The smallest absolute Gasteiger partial charge is 0.193 e. The summed E-state index contributed by atoms with van der Waals surface area (Å²) in [7, 11) is -8.53. The van der Waals surface area contributed by atoms with Crippen molar-refractivity contribution in [2.24, 2.45) is 0 Å². The molecule has 11 heteroatoms. The van der Waals surface area contributed by atoms with Crippen LogP contribution in [0.2, 0.25) is 72.5 Å². The monoisotopic (exact) mass is 830 g/mol. The Labute approximate surface area is 303 Å². The average Bonchev–Trinajstić information content (AvgIpc) is 2.90. The number of halogens is 1. The van der Waals surface area contributed by atoms with Gasteiger partial charge in [-0.2, -0.15) is 0 Å². The molecule has 0 bridgehead atoms. The molecule has 6 nitrogen and oxygen atoms in total. The number of hydrogen-bond donors (Lipinski definition) is 1. The van der Waals surface area contributed by atoms with Gasteiger partial charge in [0.05, 0.1) is 12.2 Å². The lowest BCUT2D eigenvalue weighted by Crippen LogP contribution is -2.67. The van der Waals surface area contributed by atoms with Gasteiger partial charge in [0.25, 0.3) is 0 Å². The van der Waals surface area contributed by atoms with Gasteiger partial charge in [-0.25, -0.2) is 0 Å². The standard InChI is InChI=1S/C35H75IO6Si4/c1-19-46(20-2,21-3)38-26-22-23-27-29(37)31(41-44(15,16)34(7,8)9)32(42-45(17,18)35(10,11)12)30(39-27)28(24-25-36)40-43(13,14)33(4,5)6/h24-25,27-32,37H,19-23,26H2,1-18H3/b25-24+/t27-,28-,29-,30-,31-,32+/m0/s1. The first-order chi connectivity index (χ1) is 20.7. The SMILES string of the molecule is CC[Si](CC)(CC)OCCC[C@@H]1O[C@@H]([C@H](/C=C/I)O[Si](C)(C)C(C)(C)C)[C@@H](O[Si](C)(C)C(C)(C)C)[C@@H](O[Si](C)(C)C(C)(C)C)[C@H]1O. The third-order valence-corrected chi connectivity index (χ3v) is 30.5. The van der Waals surface area contributed by atoms with Gasteiger partial charge in [-0.3, -0.25) is 0 Å². The summed E-state index contributed by atoms with van der Waals surface area (Å²) < 4.78 is 37.5. The summed E-state index contributed by atoms with van der Waals surface area (Å²) in [4.78, 5) is 0. The maximum absolute atomic E-state index is 12.2. The maximum Gasteiger partial charge on any atom is 0.193 e. The zero-order valence-electron chi connectivity index (χ0n) is 33.2. The van der Waals surface area contributed by atoms with Gasteiger partial charge in [0.15, 0.2) is 33.3 Å². The van der Waals surface area contributed by atoms with E-state index in [1.54, 1.807) is 0 Å². The van der Waals surface area contributed by atoms with Gasteiger partial charge in [-0.05, 0) is 95.5 Å². The van der Waals surface area contributed by atoms with E-state index in [1.165, 1.54) is 0 Å². The molecule has 0 saturated carbocycles. The predicted molar refractivity (Wildman–Crippen MR) is 216 cm³/mol. The Morgan fingerprint density at radius 2 is 1.17 bits per heavy atom. The molecule has 0 radical (unpaired) electrons. The van der Waals surface area contributed by atoms with E-state index in [1.807, 2.05) is 4.08 Å². The van der Waals surface area contributed by atoms with Crippen LogP contribution < -0.4 is 0 Å². The summed E-state index contributed by atoms with van der Waals surface area (Å²) >= 11 is 2.29. The molecule has 0 aromatic rings. The summed E-state index contributed by atoms with van der Waals surface area (Å²) in [5.41, 5.74) is 0. The number of aliphatic hydroxyl groups is 1. The number of ether oxygens (including phenoxy) is 1. The molecule has 1 fully saturated rings. The summed E-state index contributed by atoms with van der Waals surface area (Å²) in [6.07, 6.45) is 0.698. The Morgan fingerprint density at radius 1 is 0.739 bits per heavy atom. The first-order valence-electron chi connectivity index (χ1n) is 17.9. The van der Waals surface area contributed by atoms with Crippen molar-refractivity contribution in [3.63, 3.8) is 0 Å². The van der Waals surface area contributed by atoms with Crippen LogP contribution in [0.5, 0.6) is 0 Å². The summed E-state index contributed by atoms with van der Waals surface area (Å²) in [6, 6.07) is 3.40. The highest BCUT2D eigenvalue weighted by Gasteiger charge is 2.55. The molecule has 0 unspecified atom stereocenters. The van der Waals surface area contributed by atoms with E-state index in [2.05, 4.69) is 151 Å². The molecule has 0 aromatic carbocycles. The van der Waals surface area contributed by atoms with E-state index in [-0.39, 0.29) is 21.2 Å². The normalized spacial score (nSPS) is 25.3. The Balaban J connectivity index is 3.75. The van der Waals surface area contributed by atoms with Crippen LogP contribution in [0, 0.1) is 0 Å². The van der Waals surface area contributed by atoms with Crippen molar-refractivity contribution in [3.8, 4) is 0 Å². The van der Waals surface area contributed by atoms with Gasteiger partial charge in [0, 0.05) is 6.61 Å². The molecule has 6 atom stereocenters. The molecule has 0 spiro atoms. The molecule has 1 N–H and O–H groups in total. The maximum atomic E-state index is 12.2. The first kappa shape index (κ1) is 45.1. The number of rotatable bonds is 16. The predicted octanol–water partition coefficient (Wildman–Crippen LogP) is 11.0. The van der Waals surface area contributed by atoms with E-state index in [0.29, 0.717) is 13.0 Å². The van der Waals surface area contributed by atoms with Gasteiger partial charge < -0.3 is 27.5 Å². The molecule has 1 aliphatic rings. The lowest BCUT2D eigenvalue weighted by molar-refractivity contribution is -0.230. The van der Waals surface area contributed by atoms with Crippen LogP contribution in [-0.4, -0.2) is 81.6 Å². The van der Waals surface area contributed by atoms with Gasteiger partial charge in [-0.15, -0.1) is 0 Å². The zero-order chi connectivity index (χ0) is 36.2. The highest BCUT2D eigenvalue weighted by Crippen LogP contribution is 2.45. The Kier molecular flexibility index (Phi) is 16.7. The number of hydrogen-bond acceptors (Lipinski definition) is 6. The average molecular weight is 831 g/mol. The van der Waals surface area contributed by atoms with Crippen LogP contribution in [0.3, 0.4) is 0 Å². The second-order valence-electron chi connectivity index (χ2n) is 18.2. The van der Waals surface area contributed by atoms with Crippen molar-refractivity contribution in [1.82, 2.24) is 0 Å². The highest BCUT2D eigenvalue weighted by molar-refractivity contribution is 14.1. The first-order valence-corrected chi connectivity index (χ1v) is 30.4. The zero-order valence-corrected chi connectivity index (χ0v) is 39.4. The van der Waals surface area contributed by atoms with Crippen molar-refractivity contribution >= 4 is 55.9 Å². The third kappa shape index (κ3) is 11.6. The summed E-state index contributed by atoms with van der Waals surface area (Å²) in [5.74, 6) is 0. The van der Waals surface area contributed by atoms with Crippen molar-refractivity contribution in [1.29, 1.82) is 0 Å². The minimum atomic E-state index is -2.32. The van der Waals surface area contributed by atoms with E-state index >= 15 is 0 Å². The molecule has 46 heavy (non-hydrogen) atoms. The quantitative estimate of drug-likeness (QED) is 0.0950. The van der Waals surface area contributed by atoms with Crippen molar-refractivity contribution in [2.45, 2.75) is 205 Å². The minimum Gasteiger partial charge on any atom is -0.417 e. The summed E-state index contributed by atoms with van der Waals surface area (Å²) in [5, 5.41) is 12.2. The molecule has 1 aliphatic heterocycles. The van der Waals surface area contributed by atoms with Gasteiger partial charge in [-0.1, -0.05) is 106 Å². The largest absolute Gasteiger partial charge is 0.417 e. The van der Waals surface area contributed by atoms with Gasteiger partial charge >= 0.3 is 0 Å². The lowest BCUT2D eigenvalue weighted by atomic mass is 9.90. The van der Waals surface area contributed by atoms with Crippen molar-refractivity contribution < 1.29 is 27.5 Å². The molecule has 0 aliphatic carbocycles. The van der Waals surface area contributed by atoms with Gasteiger partial charge in [0.2, 0.25) is 0 Å². The molecular formula is C35H75IO6Si4. The fraction of sp³-hybridized carbons (Fsp3) is 0.943. The molecular weight excluding hydrogens is 756 g/mol. The molecule has 0 aromatic heterocycles. The number of aliphatic hydroxyl groups excluding tert-OH is 1. The summed E-state index contributed by atoms with van der Waals surface area (Å²) in [6.45, 7) is 41.6. The molecule has 1 rings (SSSR count). The van der Waals surface area contributed by atoms with E-state index in [4.69, 9.17) is 22.4 Å². The molecule has 1 saturated heterocycles. The minimum absolute atomic E-state index is 0.0241. The van der Waals surface area contributed by atoms with Crippen molar-refractivity contribution in [3.05, 3.63) is 10.2 Å². The van der Waals surface area contributed by atoms with Crippen LogP contribution in [0.4, 0.5) is 0 Å². The van der Waals surface area contributed by atoms with Crippen LogP contribution in [0.25, 0.3) is 0 Å². The van der Waals surface area contributed by atoms with Crippen molar-refractivity contribution in [2.75, 3.05) is 6.61 Å². The molecule has 274 valence electrons. The lowest BCUT2D eigenvalue weighted by Gasteiger charge is -2.54. The van der Waals surface area contributed by atoms with E-state index in [0.717, 1.165) is 24.6 Å². The Bertz CT molecular complexity index is 942.